The van der Waals surface area contributed by atoms with E-state index in [-0.39, 0.29) is 29.2 Å². The minimum atomic E-state index is -0.161. The van der Waals surface area contributed by atoms with Crippen LogP contribution in [0.2, 0.25) is 0 Å². The van der Waals surface area contributed by atoms with Crippen LogP contribution in [0.4, 0.5) is 17.5 Å². The van der Waals surface area contributed by atoms with Crippen LogP contribution in [0.15, 0.2) is 18.2 Å². The standard InChI is InChI=1S/C20H21N7O2/c1-2-29-19(28)12-5-7-27(8-6-12)16-4-3-13(9-14(16)10-21)17-15(11-22)18(23)26-20(24)25-17/h3-4,9,12H,2,5-8H2,1H3,(H4,23,24,25,26). The molecule has 0 amide bonds. The lowest BCUT2D eigenvalue weighted by atomic mass is 9.95. The van der Waals surface area contributed by atoms with Crippen molar-refractivity contribution in [2.24, 2.45) is 5.92 Å². The first kappa shape index (κ1) is 19.9. The number of nitrogens with zero attached hydrogens (tertiary/aromatic N) is 5. The Bertz CT molecular complexity index is 1010. The van der Waals surface area contributed by atoms with Gasteiger partial charge in [-0.1, -0.05) is 6.07 Å². The molecule has 1 fully saturated rings. The third-order valence-corrected chi connectivity index (χ3v) is 4.91. The normalized spacial score (nSPS) is 14.1. The third-order valence-electron chi connectivity index (χ3n) is 4.91. The van der Waals surface area contributed by atoms with Gasteiger partial charge in [0.25, 0.3) is 0 Å². The molecule has 0 bridgehead atoms. The summed E-state index contributed by atoms with van der Waals surface area (Å²) >= 11 is 0. The summed E-state index contributed by atoms with van der Waals surface area (Å²) in [6, 6.07) is 9.44. The molecule has 1 aromatic heterocycles. The summed E-state index contributed by atoms with van der Waals surface area (Å²) < 4.78 is 5.10. The maximum Gasteiger partial charge on any atom is 0.309 e. The first-order valence-corrected chi connectivity index (χ1v) is 9.27. The molecule has 0 saturated carbocycles. The molecule has 0 radical (unpaired) electrons. The molecule has 1 saturated heterocycles. The number of hydrogen-bond donors (Lipinski definition) is 2. The molecule has 29 heavy (non-hydrogen) atoms. The van der Waals surface area contributed by atoms with Crippen molar-refractivity contribution in [3.05, 3.63) is 29.3 Å². The SMILES string of the molecule is CCOC(=O)C1CCN(c2ccc(-c3nc(N)nc(N)c3C#N)cc2C#N)CC1. The predicted octanol–water partition coefficient (Wildman–Crippen LogP) is 1.83. The highest BCUT2D eigenvalue weighted by atomic mass is 16.5. The maximum atomic E-state index is 11.9. The van der Waals surface area contributed by atoms with E-state index >= 15 is 0 Å². The summed E-state index contributed by atoms with van der Waals surface area (Å²) in [4.78, 5) is 21.9. The van der Waals surface area contributed by atoms with Crippen LogP contribution in [0, 0.1) is 28.6 Å². The molecular weight excluding hydrogens is 370 g/mol. The minimum Gasteiger partial charge on any atom is -0.466 e. The number of nitrogens with two attached hydrogens (primary N) is 2. The highest BCUT2D eigenvalue weighted by molar-refractivity contribution is 5.77. The van der Waals surface area contributed by atoms with E-state index in [1.165, 1.54) is 0 Å². The lowest BCUT2D eigenvalue weighted by Crippen LogP contribution is -2.37. The van der Waals surface area contributed by atoms with Gasteiger partial charge >= 0.3 is 5.97 Å². The molecule has 9 nitrogen and oxygen atoms in total. The Morgan fingerprint density at radius 1 is 1.24 bits per heavy atom. The largest absolute Gasteiger partial charge is 0.466 e. The third kappa shape index (κ3) is 4.04. The predicted molar refractivity (Wildman–Crippen MR) is 107 cm³/mol. The number of rotatable bonds is 4. The van der Waals surface area contributed by atoms with E-state index in [1.807, 2.05) is 12.1 Å². The molecule has 1 aliphatic rings. The zero-order valence-corrected chi connectivity index (χ0v) is 16.1. The van der Waals surface area contributed by atoms with Gasteiger partial charge in [0.2, 0.25) is 5.95 Å². The monoisotopic (exact) mass is 391 g/mol. The lowest BCUT2D eigenvalue weighted by molar-refractivity contribution is -0.148. The highest BCUT2D eigenvalue weighted by Gasteiger charge is 2.27. The van der Waals surface area contributed by atoms with Crippen LogP contribution >= 0.6 is 0 Å². The molecule has 2 aromatic rings. The minimum absolute atomic E-state index is 0.00128. The molecular formula is C20H21N7O2. The van der Waals surface area contributed by atoms with Crippen LogP contribution in [-0.4, -0.2) is 35.6 Å². The van der Waals surface area contributed by atoms with Gasteiger partial charge in [0.15, 0.2) is 0 Å². The topological polar surface area (TPSA) is 155 Å². The molecule has 1 aromatic carbocycles. The van der Waals surface area contributed by atoms with E-state index in [0.717, 1.165) is 5.69 Å². The first-order chi connectivity index (χ1) is 14.0. The van der Waals surface area contributed by atoms with Crippen LogP contribution in [0.1, 0.15) is 30.9 Å². The number of hydrogen-bond acceptors (Lipinski definition) is 9. The first-order valence-electron chi connectivity index (χ1n) is 9.27. The Kier molecular flexibility index (Phi) is 5.79. The van der Waals surface area contributed by atoms with Gasteiger partial charge in [-0.25, -0.2) is 4.98 Å². The average Bonchev–Trinajstić information content (AvgIpc) is 2.73. The van der Waals surface area contributed by atoms with Crippen molar-refractivity contribution >= 4 is 23.4 Å². The Balaban J connectivity index is 1.88. The van der Waals surface area contributed by atoms with Crippen LogP contribution in [-0.2, 0) is 9.53 Å². The molecule has 4 N–H and O–H groups in total. The molecule has 148 valence electrons. The molecule has 3 rings (SSSR count). The lowest BCUT2D eigenvalue weighted by Gasteiger charge is -2.33. The average molecular weight is 391 g/mol. The van der Waals surface area contributed by atoms with E-state index in [1.54, 1.807) is 19.1 Å². The molecule has 9 heteroatoms. The van der Waals surface area contributed by atoms with Gasteiger partial charge in [-0.3, -0.25) is 4.79 Å². The van der Waals surface area contributed by atoms with Gasteiger partial charge < -0.3 is 21.1 Å². The van der Waals surface area contributed by atoms with Crippen molar-refractivity contribution in [3.63, 3.8) is 0 Å². The van der Waals surface area contributed by atoms with Crippen molar-refractivity contribution < 1.29 is 9.53 Å². The van der Waals surface area contributed by atoms with Crippen molar-refractivity contribution in [2.75, 3.05) is 36.1 Å². The molecule has 2 heterocycles. The van der Waals surface area contributed by atoms with Gasteiger partial charge in [0.1, 0.15) is 23.5 Å². The van der Waals surface area contributed by atoms with Gasteiger partial charge in [-0.2, -0.15) is 15.5 Å². The van der Waals surface area contributed by atoms with E-state index in [0.29, 0.717) is 49.4 Å². The van der Waals surface area contributed by atoms with Gasteiger partial charge in [0.05, 0.1) is 29.5 Å². The summed E-state index contributed by atoms with van der Waals surface area (Å²) in [7, 11) is 0. The zero-order chi connectivity index (χ0) is 21.0. The van der Waals surface area contributed by atoms with Crippen LogP contribution in [0.5, 0.6) is 0 Å². The molecule has 0 aliphatic carbocycles. The van der Waals surface area contributed by atoms with Gasteiger partial charge in [0, 0.05) is 18.7 Å². The number of esters is 1. The van der Waals surface area contributed by atoms with E-state index < -0.39 is 0 Å². The summed E-state index contributed by atoms with van der Waals surface area (Å²) in [5, 5.41) is 19.1. The number of carbonyl (C=O) groups excluding carboxylic acids is 1. The summed E-state index contributed by atoms with van der Waals surface area (Å²) in [6.45, 7) is 3.47. The van der Waals surface area contributed by atoms with Gasteiger partial charge in [-0.05, 0) is 31.9 Å². The number of nitriles is 2. The van der Waals surface area contributed by atoms with Gasteiger partial charge in [-0.15, -0.1) is 0 Å². The second-order valence-electron chi connectivity index (χ2n) is 6.66. The molecule has 0 unspecified atom stereocenters. The van der Waals surface area contributed by atoms with E-state index in [2.05, 4.69) is 20.9 Å². The quantitative estimate of drug-likeness (QED) is 0.742. The Morgan fingerprint density at radius 2 is 1.97 bits per heavy atom. The van der Waals surface area contributed by atoms with Crippen molar-refractivity contribution in [2.45, 2.75) is 19.8 Å². The Labute approximate surface area is 168 Å². The summed E-state index contributed by atoms with van der Waals surface area (Å²) in [5.74, 6) is -0.314. The fourth-order valence-electron chi connectivity index (χ4n) is 3.48. The van der Waals surface area contributed by atoms with Crippen molar-refractivity contribution in [1.29, 1.82) is 10.5 Å². The number of aromatic nitrogens is 2. The number of benzene rings is 1. The molecule has 0 atom stereocenters. The molecule has 1 aliphatic heterocycles. The highest BCUT2D eigenvalue weighted by Crippen LogP contribution is 2.32. The number of nitrogen functional groups attached to an aromatic ring is 2. The van der Waals surface area contributed by atoms with Crippen molar-refractivity contribution in [3.8, 4) is 23.4 Å². The summed E-state index contributed by atoms with van der Waals surface area (Å²) in [6.07, 6.45) is 1.34. The maximum absolute atomic E-state index is 11.9. The van der Waals surface area contributed by atoms with Crippen LogP contribution < -0.4 is 16.4 Å². The smallest absolute Gasteiger partial charge is 0.309 e. The number of anilines is 3. The number of ether oxygens (including phenoxy) is 1. The molecule has 0 spiro atoms. The number of carbonyl (C=O) groups is 1. The summed E-state index contributed by atoms with van der Waals surface area (Å²) in [5.41, 5.74) is 13.6. The van der Waals surface area contributed by atoms with E-state index in [4.69, 9.17) is 16.2 Å². The fraction of sp³-hybridized carbons (Fsp3) is 0.350. The second kappa shape index (κ2) is 8.44. The second-order valence-corrected chi connectivity index (χ2v) is 6.66. The number of piperidine rings is 1. The van der Waals surface area contributed by atoms with Crippen LogP contribution in [0.25, 0.3) is 11.3 Å². The zero-order valence-electron chi connectivity index (χ0n) is 16.1. The van der Waals surface area contributed by atoms with Crippen LogP contribution in [0.3, 0.4) is 0 Å². The Hall–Kier alpha value is -3.85. The Morgan fingerprint density at radius 3 is 2.59 bits per heavy atom. The fourth-order valence-corrected chi connectivity index (χ4v) is 3.48. The van der Waals surface area contributed by atoms with Crippen molar-refractivity contribution in [1.82, 2.24) is 9.97 Å². The van der Waals surface area contributed by atoms with E-state index in [9.17, 15) is 15.3 Å².